The lowest BCUT2D eigenvalue weighted by Gasteiger charge is -2.23. The van der Waals surface area contributed by atoms with Crippen LogP contribution in [0.1, 0.15) is 0 Å². The first-order chi connectivity index (χ1) is 6.77. The van der Waals surface area contributed by atoms with Crippen LogP contribution in [0, 0.1) is 0 Å². The summed E-state index contributed by atoms with van der Waals surface area (Å²) in [6.07, 6.45) is 3.50. The molecule has 6 nitrogen and oxygen atoms in total. The third-order valence-corrected chi connectivity index (χ3v) is 2.19. The minimum absolute atomic E-state index is 0.405. The molecule has 1 aromatic heterocycles. The molecule has 0 radical (unpaired) electrons. The van der Waals surface area contributed by atoms with Crippen molar-refractivity contribution in [2.75, 3.05) is 19.7 Å². The van der Waals surface area contributed by atoms with Crippen molar-refractivity contribution in [2.45, 2.75) is 6.54 Å². The average Bonchev–Trinajstić information content (AvgIpc) is 2.51. The first kappa shape index (κ1) is 8.86. The molecule has 1 aliphatic heterocycles. The molecule has 2 amide bonds. The molecular formula is C8H12N4O2. The lowest BCUT2D eigenvalue weighted by Crippen LogP contribution is -2.41. The summed E-state index contributed by atoms with van der Waals surface area (Å²) < 4.78 is 7.21. The smallest absolute Gasteiger partial charge is 0.314 e. The maximum absolute atomic E-state index is 10.9. The standard InChI is InChI=1S/C8H12N4O2/c9-7(13)11-3-4-12-2-1-10-8(12)14-6-5-11/h1-2H,3-6H2,(H2,9,13). The van der Waals surface area contributed by atoms with E-state index in [1.54, 1.807) is 11.1 Å². The van der Waals surface area contributed by atoms with E-state index in [2.05, 4.69) is 4.98 Å². The summed E-state index contributed by atoms with van der Waals surface area (Å²) in [5.74, 6) is 0. The highest BCUT2D eigenvalue weighted by Crippen LogP contribution is 2.09. The predicted octanol–water partition coefficient (Wildman–Crippen LogP) is -0.344. The predicted molar refractivity (Wildman–Crippen MR) is 48.9 cm³/mol. The fraction of sp³-hybridized carbons (Fsp3) is 0.500. The van der Waals surface area contributed by atoms with Gasteiger partial charge in [0, 0.05) is 25.5 Å². The maximum Gasteiger partial charge on any atom is 0.314 e. The Morgan fingerprint density at radius 2 is 2.36 bits per heavy atom. The molecule has 76 valence electrons. The molecule has 0 unspecified atom stereocenters. The summed E-state index contributed by atoms with van der Waals surface area (Å²) in [5, 5.41) is 0. The van der Waals surface area contributed by atoms with Gasteiger partial charge < -0.3 is 15.4 Å². The highest BCUT2D eigenvalue weighted by atomic mass is 16.5. The molecule has 0 saturated carbocycles. The van der Waals surface area contributed by atoms with E-state index in [1.165, 1.54) is 0 Å². The molecule has 0 atom stereocenters. The van der Waals surface area contributed by atoms with E-state index < -0.39 is 6.03 Å². The fourth-order valence-electron chi connectivity index (χ4n) is 1.41. The molecular weight excluding hydrogens is 184 g/mol. The molecule has 2 N–H and O–H groups in total. The minimum Gasteiger partial charge on any atom is -0.463 e. The zero-order valence-electron chi connectivity index (χ0n) is 7.72. The minimum atomic E-state index is -0.405. The number of aromatic nitrogens is 2. The lowest BCUT2D eigenvalue weighted by atomic mass is 10.4. The van der Waals surface area contributed by atoms with Gasteiger partial charge in [0.2, 0.25) is 0 Å². The number of primary amides is 1. The highest BCUT2D eigenvalue weighted by Gasteiger charge is 2.14. The van der Waals surface area contributed by atoms with Crippen LogP contribution in [0.5, 0.6) is 6.01 Å². The fourth-order valence-corrected chi connectivity index (χ4v) is 1.41. The first-order valence-corrected chi connectivity index (χ1v) is 4.45. The van der Waals surface area contributed by atoms with E-state index in [0.29, 0.717) is 32.3 Å². The number of nitrogens with two attached hydrogens (primary N) is 1. The normalized spacial score (nSPS) is 16.4. The second-order valence-electron chi connectivity index (χ2n) is 3.08. The van der Waals surface area contributed by atoms with Gasteiger partial charge in [0.05, 0.1) is 6.54 Å². The molecule has 1 aromatic rings. The summed E-state index contributed by atoms with van der Waals surface area (Å²) in [6.45, 7) is 2.21. The Bertz CT molecular complexity index is 336. The third kappa shape index (κ3) is 1.63. The molecule has 0 aromatic carbocycles. The third-order valence-electron chi connectivity index (χ3n) is 2.19. The zero-order valence-corrected chi connectivity index (χ0v) is 7.72. The van der Waals surface area contributed by atoms with Crippen molar-refractivity contribution < 1.29 is 9.53 Å². The van der Waals surface area contributed by atoms with Crippen LogP contribution < -0.4 is 10.5 Å². The SMILES string of the molecule is NC(=O)N1CCOc2nccn2CC1. The van der Waals surface area contributed by atoms with Crippen LogP contribution in [0.3, 0.4) is 0 Å². The molecule has 2 heterocycles. The average molecular weight is 196 g/mol. The van der Waals surface area contributed by atoms with Crippen LogP contribution in [-0.2, 0) is 6.54 Å². The van der Waals surface area contributed by atoms with Gasteiger partial charge in [-0.1, -0.05) is 0 Å². The summed E-state index contributed by atoms with van der Waals surface area (Å²) in [6, 6.07) is 0.200. The number of carbonyl (C=O) groups is 1. The Labute approximate surface area is 81.3 Å². The Morgan fingerprint density at radius 1 is 1.50 bits per heavy atom. The maximum atomic E-state index is 10.9. The lowest BCUT2D eigenvalue weighted by molar-refractivity contribution is 0.170. The van der Waals surface area contributed by atoms with Crippen LogP contribution in [-0.4, -0.2) is 40.2 Å². The highest BCUT2D eigenvalue weighted by molar-refractivity contribution is 5.71. The molecule has 0 saturated heterocycles. The van der Waals surface area contributed by atoms with Crippen molar-refractivity contribution in [3.63, 3.8) is 0 Å². The number of carbonyl (C=O) groups excluding carboxylic acids is 1. The number of urea groups is 1. The van der Waals surface area contributed by atoms with Gasteiger partial charge in [0.15, 0.2) is 0 Å². The number of amides is 2. The second-order valence-corrected chi connectivity index (χ2v) is 3.08. The number of nitrogens with zero attached hydrogens (tertiary/aromatic N) is 3. The largest absolute Gasteiger partial charge is 0.463 e. The van der Waals surface area contributed by atoms with Crippen LogP contribution in [0.4, 0.5) is 4.79 Å². The van der Waals surface area contributed by atoms with E-state index in [1.807, 2.05) is 10.8 Å². The second kappa shape index (κ2) is 3.57. The van der Waals surface area contributed by atoms with Gasteiger partial charge in [-0.25, -0.2) is 9.78 Å². The summed E-state index contributed by atoms with van der Waals surface area (Å²) in [7, 11) is 0. The molecule has 0 fully saturated rings. The van der Waals surface area contributed by atoms with Crippen LogP contribution in [0.25, 0.3) is 0 Å². The van der Waals surface area contributed by atoms with Gasteiger partial charge in [0.25, 0.3) is 6.01 Å². The topological polar surface area (TPSA) is 73.4 Å². The van der Waals surface area contributed by atoms with Crippen LogP contribution in [0.15, 0.2) is 12.4 Å². The summed E-state index contributed by atoms with van der Waals surface area (Å²) >= 11 is 0. The van der Waals surface area contributed by atoms with E-state index in [-0.39, 0.29) is 0 Å². The first-order valence-electron chi connectivity index (χ1n) is 4.45. The van der Waals surface area contributed by atoms with Crippen molar-refractivity contribution in [2.24, 2.45) is 5.73 Å². The number of rotatable bonds is 0. The molecule has 6 heteroatoms. The quantitative estimate of drug-likeness (QED) is 0.616. The van der Waals surface area contributed by atoms with Crippen molar-refractivity contribution in [1.29, 1.82) is 0 Å². The Hall–Kier alpha value is -1.72. The van der Waals surface area contributed by atoms with Crippen molar-refractivity contribution >= 4 is 6.03 Å². The number of hydrogen-bond donors (Lipinski definition) is 1. The van der Waals surface area contributed by atoms with E-state index in [9.17, 15) is 4.79 Å². The van der Waals surface area contributed by atoms with E-state index in [0.717, 1.165) is 0 Å². The van der Waals surface area contributed by atoms with Crippen molar-refractivity contribution in [3.05, 3.63) is 12.4 Å². The number of imidazole rings is 1. The van der Waals surface area contributed by atoms with Crippen molar-refractivity contribution in [3.8, 4) is 6.01 Å². The van der Waals surface area contributed by atoms with Gasteiger partial charge in [0.1, 0.15) is 6.61 Å². The number of hydrogen-bond acceptors (Lipinski definition) is 3. The Balaban J connectivity index is 2.10. The monoisotopic (exact) mass is 196 g/mol. The molecule has 1 aliphatic rings. The van der Waals surface area contributed by atoms with Gasteiger partial charge in [-0.2, -0.15) is 0 Å². The molecule has 0 bridgehead atoms. The molecule has 0 spiro atoms. The van der Waals surface area contributed by atoms with Crippen LogP contribution >= 0.6 is 0 Å². The van der Waals surface area contributed by atoms with Crippen LogP contribution in [0.2, 0.25) is 0 Å². The van der Waals surface area contributed by atoms with E-state index >= 15 is 0 Å². The molecule has 14 heavy (non-hydrogen) atoms. The number of fused-ring (bicyclic) bond motifs is 1. The zero-order chi connectivity index (χ0) is 9.97. The summed E-state index contributed by atoms with van der Waals surface area (Å²) in [4.78, 5) is 16.5. The van der Waals surface area contributed by atoms with Gasteiger partial charge >= 0.3 is 6.03 Å². The Morgan fingerprint density at radius 3 is 3.14 bits per heavy atom. The van der Waals surface area contributed by atoms with Gasteiger partial charge in [-0.05, 0) is 0 Å². The number of ether oxygens (including phenoxy) is 1. The molecule has 2 rings (SSSR count). The van der Waals surface area contributed by atoms with E-state index in [4.69, 9.17) is 10.5 Å². The molecule has 0 aliphatic carbocycles. The Kier molecular flexibility index (Phi) is 2.26. The van der Waals surface area contributed by atoms with Gasteiger partial charge in [-0.15, -0.1) is 0 Å². The summed E-state index contributed by atoms with van der Waals surface area (Å²) in [5.41, 5.74) is 5.19. The van der Waals surface area contributed by atoms with Crippen molar-refractivity contribution in [1.82, 2.24) is 14.5 Å². The van der Waals surface area contributed by atoms with Gasteiger partial charge in [-0.3, -0.25) is 4.57 Å².